The number of nitro benzene ring substituents is 1. The number of hydrogen-bond acceptors (Lipinski definition) is 5. The van der Waals surface area contributed by atoms with E-state index >= 15 is 0 Å². The zero-order chi connectivity index (χ0) is 16.5. The maximum absolute atomic E-state index is 10.9. The molecule has 0 bridgehead atoms. The molecule has 0 fully saturated rings. The predicted molar refractivity (Wildman–Crippen MR) is 94.1 cm³/mol. The molecule has 0 aliphatic carbocycles. The molecule has 0 amide bonds. The van der Waals surface area contributed by atoms with Gasteiger partial charge in [-0.05, 0) is 28.5 Å². The van der Waals surface area contributed by atoms with Gasteiger partial charge >= 0.3 is 0 Å². The molecule has 0 saturated heterocycles. The first-order valence-electron chi connectivity index (χ1n) is 7.13. The van der Waals surface area contributed by atoms with Crippen molar-refractivity contribution in [3.63, 3.8) is 0 Å². The number of nitrogens with one attached hydrogen (secondary N) is 3. The SMILES string of the molecule is CN=C(NCCNc1ccccc1[N+](=O)[O-])NCc1ccsc1. The average Bonchev–Trinajstić information content (AvgIpc) is 3.08. The number of guanidine groups is 1. The molecule has 0 saturated carbocycles. The van der Waals surface area contributed by atoms with Crippen molar-refractivity contribution in [3.05, 3.63) is 56.8 Å². The van der Waals surface area contributed by atoms with E-state index in [1.54, 1.807) is 36.6 Å². The first kappa shape index (κ1) is 16.8. The maximum Gasteiger partial charge on any atom is 0.292 e. The Kier molecular flexibility index (Phi) is 6.37. The number of nitrogens with zero attached hydrogens (tertiary/aromatic N) is 2. The van der Waals surface area contributed by atoms with Gasteiger partial charge < -0.3 is 16.0 Å². The van der Waals surface area contributed by atoms with Gasteiger partial charge in [0.1, 0.15) is 5.69 Å². The Balaban J connectivity index is 1.75. The lowest BCUT2D eigenvalue weighted by Gasteiger charge is -2.12. The summed E-state index contributed by atoms with van der Waals surface area (Å²) in [6.07, 6.45) is 0. The second kappa shape index (κ2) is 8.74. The lowest BCUT2D eigenvalue weighted by atomic mass is 10.2. The standard InChI is InChI=1S/C15H19N5O2S/c1-16-15(19-10-12-6-9-23-11-12)18-8-7-17-13-4-2-3-5-14(13)20(21)22/h2-6,9,11,17H,7-8,10H2,1H3,(H2,16,18,19). The van der Waals surface area contributed by atoms with E-state index in [0.717, 1.165) is 0 Å². The van der Waals surface area contributed by atoms with E-state index in [1.165, 1.54) is 11.6 Å². The monoisotopic (exact) mass is 333 g/mol. The first-order chi connectivity index (χ1) is 11.2. The number of hydrogen-bond donors (Lipinski definition) is 3. The molecule has 1 aromatic carbocycles. The fraction of sp³-hybridized carbons (Fsp3) is 0.267. The smallest absolute Gasteiger partial charge is 0.292 e. The molecule has 8 heteroatoms. The molecule has 1 aromatic heterocycles. The number of benzene rings is 1. The average molecular weight is 333 g/mol. The van der Waals surface area contributed by atoms with Crippen LogP contribution in [0.2, 0.25) is 0 Å². The van der Waals surface area contributed by atoms with Gasteiger partial charge in [0, 0.05) is 32.7 Å². The second-order valence-electron chi connectivity index (χ2n) is 4.69. The number of rotatable bonds is 7. The van der Waals surface area contributed by atoms with Gasteiger partial charge in [0.15, 0.2) is 5.96 Å². The third kappa shape index (κ3) is 5.26. The summed E-state index contributed by atoms with van der Waals surface area (Å²) in [6.45, 7) is 1.85. The molecule has 23 heavy (non-hydrogen) atoms. The molecule has 1 heterocycles. The summed E-state index contributed by atoms with van der Waals surface area (Å²) in [5.41, 5.74) is 1.80. The van der Waals surface area contributed by atoms with Crippen molar-refractivity contribution in [2.75, 3.05) is 25.5 Å². The van der Waals surface area contributed by atoms with Crippen molar-refractivity contribution in [1.29, 1.82) is 0 Å². The third-order valence-electron chi connectivity index (χ3n) is 3.10. The molecule has 2 aromatic rings. The molecule has 0 aliphatic heterocycles. The van der Waals surface area contributed by atoms with Crippen molar-refractivity contribution in [3.8, 4) is 0 Å². The van der Waals surface area contributed by atoms with Crippen LogP contribution in [0.3, 0.4) is 0 Å². The number of thiophene rings is 1. The van der Waals surface area contributed by atoms with Crippen molar-refractivity contribution < 1.29 is 4.92 Å². The minimum absolute atomic E-state index is 0.0764. The van der Waals surface area contributed by atoms with Crippen LogP contribution >= 0.6 is 11.3 Å². The van der Waals surface area contributed by atoms with Gasteiger partial charge in [-0.3, -0.25) is 15.1 Å². The maximum atomic E-state index is 10.9. The first-order valence-corrected chi connectivity index (χ1v) is 8.08. The van der Waals surface area contributed by atoms with E-state index in [0.29, 0.717) is 31.3 Å². The molecule has 122 valence electrons. The summed E-state index contributed by atoms with van der Waals surface area (Å²) in [6, 6.07) is 8.65. The summed E-state index contributed by atoms with van der Waals surface area (Å²) in [7, 11) is 1.71. The molecule has 7 nitrogen and oxygen atoms in total. The zero-order valence-electron chi connectivity index (χ0n) is 12.8. The number of para-hydroxylation sites is 2. The molecule has 0 radical (unpaired) electrons. The summed E-state index contributed by atoms with van der Waals surface area (Å²) >= 11 is 1.66. The highest BCUT2D eigenvalue weighted by Crippen LogP contribution is 2.22. The molecule has 3 N–H and O–H groups in total. The molecule has 0 aliphatic rings. The Morgan fingerprint density at radius 1 is 1.26 bits per heavy atom. The number of aliphatic imine (C=N–C) groups is 1. The summed E-state index contributed by atoms with van der Waals surface area (Å²) in [5, 5.41) is 24.5. The van der Waals surface area contributed by atoms with Crippen LogP contribution in [0.4, 0.5) is 11.4 Å². The van der Waals surface area contributed by atoms with Crippen LogP contribution in [-0.4, -0.2) is 31.0 Å². The minimum atomic E-state index is -0.392. The summed E-state index contributed by atoms with van der Waals surface area (Å²) < 4.78 is 0. The van der Waals surface area contributed by atoms with Gasteiger partial charge in [-0.2, -0.15) is 11.3 Å². The molecule has 0 atom stereocenters. The Morgan fingerprint density at radius 2 is 2.09 bits per heavy atom. The van der Waals surface area contributed by atoms with E-state index < -0.39 is 4.92 Å². The second-order valence-corrected chi connectivity index (χ2v) is 5.47. The van der Waals surface area contributed by atoms with Crippen LogP contribution in [0.5, 0.6) is 0 Å². The van der Waals surface area contributed by atoms with Crippen molar-refractivity contribution in [1.82, 2.24) is 10.6 Å². The van der Waals surface area contributed by atoms with E-state index in [4.69, 9.17) is 0 Å². The largest absolute Gasteiger partial charge is 0.378 e. The van der Waals surface area contributed by atoms with Gasteiger partial charge in [-0.1, -0.05) is 12.1 Å². The van der Waals surface area contributed by atoms with E-state index in [1.807, 2.05) is 5.38 Å². The third-order valence-corrected chi connectivity index (χ3v) is 3.83. The zero-order valence-corrected chi connectivity index (χ0v) is 13.6. The highest BCUT2D eigenvalue weighted by atomic mass is 32.1. The van der Waals surface area contributed by atoms with Crippen LogP contribution in [0.15, 0.2) is 46.1 Å². The molecular formula is C15H19N5O2S. The predicted octanol–water partition coefficient (Wildman–Crippen LogP) is 2.43. The molecular weight excluding hydrogens is 314 g/mol. The van der Waals surface area contributed by atoms with Crippen LogP contribution < -0.4 is 16.0 Å². The Labute approximate surface area is 138 Å². The van der Waals surface area contributed by atoms with Crippen molar-refractivity contribution in [2.24, 2.45) is 4.99 Å². The summed E-state index contributed by atoms with van der Waals surface area (Å²) in [4.78, 5) is 14.7. The van der Waals surface area contributed by atoms with Crippen molar-refractivity contribution in [2.45, 2.75) is 6.54 Å². The van der Waals surface area contributed by atoms with E-state index in [-0.39, 0.29) is 5.69 Å². The fourth-order valence-electron chi connectivity index (χ4n) is 1.96. The Hall–Kier alpha value is -2.61. The quantitative estimate of drug-likeness (QED) is 0.238. The number of nitro groups is 1. The minimum Gasteiger partial charge on any atom is -0.378 e. The lowest BCUT2D eigenvalue weighted by Crippen LogP contribution is -2.39. The van der Waals surface area contributed by atoms with E-state index in [2.05, 4.69) is 32.4 Å². The fourth-order valence-corrected chi connectivity index (χ4v) is 2.63. The Morgan fingerprint density at radius 3 is 2.78 bits per heavy atom. The Bertz CT molecular complexity index is 658. The van der Waals surface area contributed by atoms with E-state index in [9.17, 15) is 10.1 Å². The van der Waals surface area contributed by atoms with Gasteiger partial charge in [-0.25, -0.2) is 0 Å². The van der Waals surface area contributed by atoms with Crippen LogP contribution in [-0.2, 0) is 6.54 Å². The van der Waals surface area contributed by atoms with Gasteiger partial charge in [-0.15, -0.1) is 0 Å². The number of anilines is 1. The van der Waals surface area contributed by atoms with Crippen LogP contribution in [0, 0.1) is 10.1 Å². The topological polar surface area (TPSA) is 91.6 Å². The molecule has 2 rings (SSSR count). The normalized spacial score (nSPS) is 11.1. The molecule has 0 unspecified atom stereocenters. The van der Waals surface area contributed by atoms with Crippen LogP contribution in [0.25, 0.3) is 0 Å². The van der Waals surface area contributed by atoms with Gasteiger partial charge in [0.05, 0.1) is 4.92 Å². The molecule has 0 spiro atoms. The van der Waals surface area contributed by atoms with Gasteiger partial charge in [0.25, 0.3) is 5.69 Å². The summed E-state index contributed by atoms with van der Waals surface area (Å²) in [5.74, 6) is 0.695. The lowest BCUT2D eigenvalue weighted by molar-refractivity contribution is -0.384. The van der Waals surface area contributed by atoms with Gasteiger partial charge in [0.2, 0.25) is 0 Å². The van der Waals surface area contributed by atoms with Crippen molar-refractivity contribution >= 4 is 28.7 Å². The highest BCUT2D eigenvalue weighted by Gasteiger charge is 2.11. The highest BCUT2D eigenvalue weighted by molar-refractivity contribution is 7.07. The van der Waals surface area contributed by atoms with Crippen LogP contribution in [0.1, 0.15) is 5.56 Å².